The van der Waals surface area contributed by atoms with Gasteiger partial charge in [-0.3, -0.25) is 9.98 Å². The molecule has 0 spiro atoms. The molecule has 0 unspecified atom stereocenters. The molecule has 0 heterocycles. The quantitative estimate of drug-likeness (QED) is 0.277. The summed E-state index contributed by atoms with van der Waals surface area (Å²) in [5.74, 6) is 0.748. The standard InChI is InChI=1S/C15H24N2O/c1-6-14(10-11-16-5)18-12-8-9-15(13(3)4)17-7-2/h6-7,10-11H,1,8-9,12H2,2-5H3/b14-10+,16-11?,17-7?. The van der Waals surface area contributed by atoms with Crippen LogP contribution in [0, 0.1) is 0 Å². The van der Waals surface area contributed by atoms with Crippen LogP contribution >= 0.6 is 0 Å². The molecule has 0 radical (unpaired) electrons. The fraction of sp³-hybridized carbons (Fsp3) is 0.467. The van der Waals surface area contributed by atoms with Gasteiger partial charge >= 0.3 is 0 Å². The second-order valence-electron chi connectivity index (χ2n) is 3.97. The first-order valence-corrected chi connectivity index (χ1v) is 6.18. The van der Waals surface area contributed by atoms with Crippen LogP contribution in [-0.2, 0) is 4.74 Å². The van der Waals surface area contributed by atoms with E-state index in [4.69, 9.17) is 4.74 Å². The Morgan fingerprint density at radius 2 is 2.06 bits per heavy atom. The van der Waals surface area contributed by atoms with Crippen molar-refractivity contribution in [1.82, 2.24) is 0 Å². The van der Waals surface area contributed by atoms with Crippen LogP contribution in [0.25, 0.3) is 0 Å². The third-order valence-electron chi connectivity index (χ3n) is 2.28. The maximum Gasteiger partial charge on any atom is 0.120 e. The van der Waals surface area contributed by atoms with Gasteiger partial charge in [0.2, 0.25) is 0 Å². The predicted molar refractivity (Wildman–Crippen MR) is 80.4 cm³/mol. The molecule has 0 rings (SSSR count). The van der Waals surface area contributed by atoms with Crippen molar-refractivity contribution in [2.75, 3.05) is 13.7 Å². The highest BCUT2D eigenvalue weighted by atomic mass is 16.5. The molecule has 0 aromatic rings. The van der Waals surface area contributed by atoms with Crippen LogP contribution in [0.5, 0.6) is 0 Å². The summed E-state index contributed by atoms with van der Waals surface area (Å²) in [7, 11) is 1.72. The third kappa shape index (κ3) is 7.60. The average molecular weight is 248 g/mol. The fourth-order valence-electron chi connectivity index (χ4n) is 1.35. The van der Waals surface area contributed by atoms with Gasteiger partial charge in [-0.25, -0.2) is 0 Å². The van der Waals surface area contributed by atoms with Gasteiger partial charge in [-0.15, -0.1) is 0 Å². The van der Waals surface area contributed by atoms with Crippen LogP contribution in [0.3, 0.4) is 0 Å². The molecule has 0 N–H and O–H groups in total. The minimum Gasteiger partial charge on any atom is -0.494 e. The first-order valence-electron chi connectivity index (χ1n) is 6.18. The zero-order chi connectivity index (χ0) is 13.8. The molecule has 0 aromatic carbocycles. The average Bonchev–Trinajstić information content (AvgIpc) is 2.36. The van der Waals surface area contributed by atoms with Gasteiger partial charge < -0.3 is 4.74 Å². The van der Waals surface area contributed by atoms with E-state index in [0.29, 0.717) is 6.61 Å². The number of allylic oxidation sites excluding steroid dienone is 4. The maximum absolute atomic E-state index is 5.58. The van der Waals surface area contributed by atoms with Crippen LogP contribution in [0.1, 0.15) is 33.6 Å². The highest BCUT2D eigenvalue weighted by Crippen LogP contribution is 2.12. The molecule has 0 saturated carbocycles. The molecular weight excluding hydrogens is 224 g/mol. The van der Waals surface area contributed by atoms with Crippen molar-refractivity contribution >= 4 is 12.4 Å². The van der Waals surface area contributed by atoms with Crippen molar-refractivity contribution in [1.29, 1.82) is 0 Å². The summed E-state index contributed by atoms with van der Waals surface area (Å²) in [6.45, 7) is 10.4. The number of aliphatic imine (C=N–C) groups is 2. The molecule has 0 aliphatic carbocycles. The van der Waals surface area contributed by atoms with Gasteiger partial charge in [-0.2, -0.15) is 0 Å². The Labute approximate surface area is 111 Å². The van der Waals surface area contributed by atoms with Crippen molar-refractivity contribution in [3.8, 4) is 0 Å². The lowest BCUT2D eigenvalue weighted by atomic mass is 10.2. The number of nitrogens with zero attached hydrogens (tertiary/aromatic N) is 2. The number of ether oxygens (including phenoxy) is 1. The first-order chi connectivity index (χ1) is 8.65. The summed E-state index contributed by atoms with van der Waals surface area (Å²) in [4.78, 5) is 8.22. The highest BCUT2D eigenvalue weighted by Gasteiger charge is 1.98. The van der Waals surface area contributed by atoms with Crippen LogP contribution in [-0.4, -0.2) is 26.1 Å². The van der Waals surface area contributed by atoms with Crippen LogP contribution in [0.15, 0.2) is 45.7 Å². The first kappa shape index (κ1) is 16.4. The van der Waals surface area contributed by atoms with E-state index in [1.165, 1.54) is 5.57 Å². The van der Waals surface area contributed by atoms with E-state index in [0.717, 1.165) is 24.3 Å². The van der Waals surface area contributed by atoms with Gasteiger partial charge in [0.1, 0.15) is 5.76 Å². The second-order valence-corrected chi connectivity index (χ2v) is 3.97. The molecular formula is C15H24N2O. The lowest BCUT2D eigenvalue weighted by Crippen LogP contribution is -1.95. The summed E-state index contributed by atoms with van der Waals surface area (Å²) in [6, 6.07) is 0. The minimum absolute atomic E-state index is 0.658. The molecule has 0 bridgehead atoms. The zero-order valence-corrected chi connectivity index (χ0v) is 11.9. The Balaban J connectivity index is 4.13. The molecule has 3 nitrogen and oxygen atoms in total. The molecule has 3 heteroatoms. The van der Waals surface area contributed by atoms with E-state index < -0.39 is 0 Å². The number of hydrogen-bond donors (Lipinski definition) is 0. The molecule has 18 heavy (non-hydrogen) atoms. The molecule has 0 atom stereocenters. The van der Waals surface area contributed by atoms with Gasteiger partial charge in [0.05, 0.1) is 6.61 Å². The highest BCUT2D eigenvalue weighted by molar-refractivity contribution is 5.72. The minimum atomic E-state index is 0.658. The smallest absolute Gasteiger partial charge is 0.120 e. The van der Waals surface area contributed by atoms with Crippen LogP contribution in [0.2, 0.25) is 0 Å². The number of rotatable bonds is 8. The topological polar surface area (TPSA) is 34.0 Å². The van der Waals surface area contributed by atoms with Gasteiger partial charge in [-0.1, -0.05) is 12.2 Å². The summed E-state index contributed by atoms with van der Waals surface area (Å²) in [5, 5.41) is 0. The molecule has 0 amide bonds. The Bertz CT molecular complexity index is 359. The Morgan fingerprint density at radius 1 is 1.33 bits per heavy atom. The summed E-state index contributed by atoms with van der Waals surface area (Å²) in [5.41, 5.74) is 2.39. The van der Waals surface area contributed by atoms with Crippen molar-refractivity contribution in [2.24, 2.45) is 9.98 Å². The molecule has 0 saturated heterocycles. The van der Waals surface area contributed by atoms with E-state index in [-0.39, 0.29) is 0 Å². The normalized spacial score (nSPS) is 12.1. The van der Waals surface area contributed by atoms with Crippen molar-refractivity contribution in [3.05, 3.63) is 35.8 Å². The fourth-order valence-corrected chi connectivity index (χ4v) is 1.35. The monoisotopic (exact) mass is 248 g/mol. The van der Waals surface area contributed by atoms with Gasteiger partial charge in [-0.05, 0) is 45.8 Å². The van der Waals surface area contributed by atoms with Crippen molar-refractivity contribution in [2.45, 2.75) is 33.6 Å². The molecule has 0 aromatic heterocycles. The maximum atomic E-state index is 5.58. The molecule has 100 valence electrons. The Kier molecular flexibility index (Phi) is 9.55. The second kappa shape index (κ2) is 10.5. The predicted octanol–water partition coefficient (Wildman–Crippen LogP) is 3.94. The van der Waals surface area contributed by atoms with Crippen LogP contribution in [0.4, 0.5) is 0 Å². The van der Waals surface area contributed by atoms with E-state index in [2.05, 4.69) is 30.4 Å². The summed E-state index contributed by atoms with van der Waals surface area (Å²) < 4.78 is 5.58. The van der Waals surface area contributed by atoms with Gasteiger partial charge in [0.15, 0.2) is 0 Å². The zero-order valence-electron chi connectivity index (χ0n) is 11.9. The van der Waals surface area contributed by atoms with Crippen molar-refractivity contribution in [3.63, 3.8) is 0 Å². The Morgan fingerprint density at radius 3 is 2.56 bits per heavy atom. The van der Waals surface area contributed by atoms with Gasteiger partial charge in [0, 0.05) is 25.2 Å². The van der Waals surface area contributed by atoms with Crippen molar-refractivity contribution < 1.29 is 4.74 Å². The summed E-state index contributed by atoms with van der Waals surface area (Å²) >= 11 is 0. The van der Waals surface area contributed by atoms with E-state index in [1.54, 1.807) is 25.4 Å². The third-order valence-corrected chi connectivity index (χ3v) is 2.28. The molecule has 0 aliphatic heterocycles. The number of hydrogen-bond acceptors (Lipinski definition) is 3. The van der Waals surface area contributed by atoms with Crippen LogP contribution < -0.4 is 0 Å². The van der Waals surface area contributed by atoms with E-state index in [1.807, 2.05) is 13.1 Å². The molecule has 0 fully saturated rings. The lowest BCUT2D eigenvalue weighted by Gasteiger charge is -2.07. The van der Waals surface area contributed by atoms with Gasteiger partial charge in [0.25, 0.3) is 0 Å². The molecule has 0 aliphatic rings. The van der Waals surface area contributed by atoms with E-state index in [9.17, 15) is 0 Å². The lowest BCUT2D eigenvalue weighted by molar-refractivity contribution is 0.221. The Hall–Kier alpha value is -1.64. The summed E-state index contributed by atoms with van der Waals surface area (Å²) in [6.07, 6.45) is 8.88. The largest absolute Gasteiger partial charge is 0.494 e. The SMILES string of the molecule is C=C/C(=C\C=NC)OCCCC(N=CC)=C(C)C. The van der Waals surface area contributed by atoms with E-state index >= 15 is 0 Å².